The number of rotatable bonds is 6. The van der Waals surface area contributed by atoms with Gasteiger partial charge >= 0.3 is 0 Å². The minimum absolute atomic E-state index is 0.119. The van der Waals surface area contributed by atoms with E-state index in [9.17, 15) is 0 Å². The summed E-state index contributed by atoms with van der Waals surface area (Å²) in [5, 5.41) is 32.7. The molecule has 0 aliphatic carbocycles. The third kappa shape index (κ3) is 5.42. The highest BCUT2D eigenvalue weighted by molar-refractivity contribution is 4.67. The van der Waals surface area contributed by atoms with Crippen molar-refractivity contribution in [1.82, 2.24) is 10.8 Å². The van der Waals surface area contributed by atoms with E-state index in [1.54, 1.807) is 13.8 Å². The molecule has 0 aromatic carbocycles. The predicted molar refractivity (Wildman–Crippen MR) is 41.1 cm³/mol. The minimum Gasteiger partial charge on any atom is -0.266 e. The molecular weight excluding hydrogens is 196 g/mol. The first-order valence-electron chi connectivity index (χ1n) is 4.04. The summed E-state index contributed by atoms with van der Waals surface area (Å²) in [6, 6.07) is 0. The fraction of sp³-hybridized carbons (Fsp3) is 1.00. The van der Waals surface area contributed by atoms with E-state index in [0.717, 1.165) is 0 Å². The van der Waals surface area contributed by atoms with Gasteiger partial charge in [0.05, 0.1) is 10.8 Å². The first-order valence-corrected chi connectivity index (χ1v) is 4.04. The maximum atomic E-state index is 8.43. The van der Waals surface area contributed by atoms with Crippen molar-refractivity contribution >= 4 is 0 Å². The molecule has 0 bridgehead atoms. The molecule has 0 spiro atoms. The van der Waals surface area contributed by atoms with Crippen LogP contribution in [0.2, 0.25) is 0 Å². The molecule has 86 valence electrons. The molecule has 8 heteroatoms. The van der Waals surface area contributed by atoms with Crippen LogP contribution in [0.4, 0.5) is 0 Å². The summed E-state index contributed by atoms with van der Waals surface area (Å²) in [7, 11) is 0. The van der Waals surface area contributed by atoms with Gasteiger partial charge in [-0.25, -0.2) is 9.68 Å². The average Bonchev–Trinajstić information content (AvgIpc) is 1.97. The van der Waals surface area contributed by atoms with Gasteiger partial charge in [0.1, 0.15) is 12.2 Å². The highest BCUT2D eigenvalue weighted by atomic mass is 17.1. The van der Waals surface area contributed by atoms with E-state index in [1.807, 2.05) is 0 Å². The summed E-state index contributed by atoms with van der Waals surface area (Å²) in [6.07, 6.45) is -1.52. The number of hydrogen-bond acceptors (Lipinski definition) is 8. The zero-order valence-electron chi connectivity index (χ0n) is 8.23. The lowest BCUT2D eigenvalue weighted by molar-refractivity contribution is -0.539. The van der Waals surface area contributed by atoms with E-state index in [0.29, 0.717) is 0 Å². The molecule has 0 aromatic heterocycles. The third-order valence-electron chi connectivity index (χ3n) is 1.60. The van der Waals surface area contributed by atoms with E-state index in [4.69, 9.17) is 20.8 Å². The van der Waals surface area contributed by atoms with Gasteiger partial charge in [-0.15, -0.1) is 0 Å². The molecule has 8 nitrogen and oxygen atoms in total. The molecule has 2 unspecified atom stereocenters. The van der Waals surface area contributed by atoms with Gasteiger partial charge in [-0.1, -0.05) is 13.8 Å². The van der Waals surface area contributed by atoms with Crippen LogP contribution in [0.1, 0.15) is 20.8 Å². The zero-order valence-corrected chi connectivity index (χ0v) is 8.23. The van der Waals surface area contributed by atoms with Crippen LogP contribution in [0.3, 0.4) is 0 Å². The Balaban J connectivity index is 4.18. The molecule has 2 atom stereocenters. The van der Waals surface area contributed by atoms with E-state index in [-0.39, 0.29) is 5.92 Å². The van der Waals surface area contributed by atoms with Crippen LogP contribution >= 0.6 is 0 Å². The molecule has 14 heavy (non-hydrogen) atoms. The first-order chi connectivity index (χ1) is 6.34. The summed E-state index contributed by atoms with van der Waals surface area (Å²) in [4.78, 5) is 8.99. The molecule has 0 aliphatic heterocycles. The second-order valence-corrected chi connectivity index (χ2v) is 3.13. The molecule has 0 amide bonds. The van der Waals surface area contributed by atoms with E-state index in [2.05, 4.69) is 9.68 Å². The lowest BCUT2D eigenvalue weighted by atomic mass is 10.0. The van der Waals surface area contributed by atoms with Gasteiger partial charge in [-0.05, 0) is 12.8 Å². The molecule has 4 N–H and O–H groups in total. The maximum Gasteiger partial charge on any atom is 0.115 e. The van der Waals surface area contributed by atoms with Crippen LogP contribution in [-0.4, -0.2) is 43.8 Å². The molecule has 0 saturated carbocycles. The summed E-state index contributed by atoms with van der Waals surface area (Å²) in [5.74, 6) is -0.119. The summed E-state index contributed by atoms with van der Waals surface area (Å²) < 4.78 is 0. The normalized spacial score (nSPS) is 16.7. The van der Waals surface area contributed by atoms with Gasteiger partial charge in [-0.3, -0.25) is 20.8 Å². The van der Waals surface area contributed by atoms with E-state index >= 15 is 0 Å². The Bertz CT molecular complexity index is 153. The Kier molecular flexibility index (Phi) is 6.08. The fourth-order valence-corrected chi connectivity index (χ4v) is 1.07. The number of hydrogen-bond donors (Lipinski definition) is 4. The highest BCUT2D eigenvalue weighted by Crippen LogP contribution is 2.14. The summed E-state index contributed by atoms with van der Waals surface area (Å²) >= 11 is 0. The van der Waals surface area contributed by atoms with E-state index in [1.165, 1.54) is 6.92 Å². The zero-order chi connectivity index (χ0) is 11.3. The van der Waals surface area contributed by atoms with Crippen LogP contribution < -0.4 is 0 Å². The minimum atomic E-state index is -0.771. The molecule has 0 heterocycles. The van der Waals surface area contributed by atoms with Crippen molar-refractivity contribution in [3.63, 3.8) is 0 Å². The largest absolute Gasteiger partial charge is 0.266 e. The van der Waals surface area contributed by atoms with Crippen LogP contribution in [0, 0.1) is 5.92 Å². The van der Waals surface area contributed by atoms with Crippen LogP contribution in [0.5, 0.6) is 0 Å². The predicted octanol–water partition coefficient (Wildman–Crippen LogP) is 0.424. The van der Waals surface area contributed by atoms with Gasteiger partial charge < -0.3 is 0 Å². The lowest BCUT2D eigenvalue weighted by Gasteiger charge is -2.27. The Morgan fingerprint density at radius 3 is 1.57 bits per heavy atom. The molecule has 0 rings (SSSR count). The van der Waals surface area contributed by atoms with Crippen molar-refractivity contribution in [2.45, 2.75) is 33.0 Å². The number of nitrogens with zero attached hydrogens (tertiary/aromatic N) is 2. The van der Waals surface area contributed by atoms with Crippen molar-refractivity contribution in [2.24, 2.45) is 5.92 Å². The second-order valence-electron chi connectivity index (χ2n) is 3.13. The second kappa shape index (κ2) is 6.22. The Morgan fingerprint density at radius 2 is 1.29 bits per heavy atom. The summed E-state index contributed by atoms with van der Waals surface area (Å²) in [5.41, 5.74) is 0. The monoisotopic (exact) mass is 212 g/mol. The van der Waals surface area contributed by atoms with Gasteiger partial charge in [-0.2, -0.15) is 0 Å². The highest BCUT2D eigenvalue weighted by Gasteiger charge is 2.26. The third-order valence-corrected chi connectivity index (χ3v) is 1.60. The Labute approximate surface area is 81.2 Å². The quantitative estimate of drug-likeness (QED) is 0.469. The van der Waals surface area contributed by atoms with Gasteiger partial charge in [0, 0.05) is 0 Å². The molecule has 0 radical (unpaired) electrons. The van der Waals surface area contributed by atoms with E-state index < -0.39 is 23.0 Å². The molecule has 0 aromatic rings. The standard InChI is InChI=1S/C6H16N2O6/c1-4(2)6(14-8(11)12)5(3)13-7(9)10/h4-6,9-12H,1-3H3. The SMILES string of the molecule is CC(C)C(ON(O)O)C(C)ON(O)O. The van der Waals surface area contributed by atoms with Gasteiger partial charge in [0.25, 0.3) is 0 Å². The van der Waals surface area contributed by atoms with Crippen molar-refractivity contribution in [3.8, 4) is 0 Å². The molecule has 0 fully saturated rings. The lowest BCUT2D eigenvalue weighted by Crippen LogP contribution is -2.40. The smallest absolute Gasteiger partial charge is 0.115 e. The maximum absolute atomic E-state index is 8.43. The van der Waals surface area contributed by atoms with Crippen molar-refractivity contribution in [3.05, 3.63) is 0 Å². The molecular formula is C6H16N2O6. The summed E-state index contributed by atoms with van der Waals surface area (Å²) in [6.45, 7) is 4.97. The topological polar surface area (TPSA) is 106 Å². The Hall–Kier alpha value is -0.320. The van der Waals surface area contributed by atoms with Crippen molar-refractivity contribution in [1.29, 1.82) is 0 Å². The van der Waals surface area contributed by atoms with Gasteiger partial charge in [0.15, 0.2) is 0 Å². The van der Waals surface area contributed by atoms with Gasteiger partial charge in [0.2, 0.25) is 0 Å². The van der Waals surface area contributed by atoms with Crippen molar-refractivity contribution in [2.75, 3.05) is 0 Å². The van der Waals surface area contributed by atoms with Crippen LogP contribution in [0.15, 0.2) is 0 Å². The van der Waals surface area contributed by atoms with Crippen molar-refractivity contribution < 1.29 is 30.5 Å². The average molecular weight is 212 g/mol. The molecule has 0 aliphatic rings. The first kappa shape index (κ1) is 13.7. The van der Waals surface area contributed by atoms with Crippen LogP contribution in [0.25, 0.3) is 0 Å². The van der Waals surface area contributed by atoms with Crippen LogP contribution in [-0.2, 0) is 9.68 Å². The molecule has 0 saturated heterocycles. The fourth-order valence-electron chi connectivity index (χ4n) is 1.07. The Morgan fingerprint density at radius 1 is 0.857 bits per heavy atom.